The Hall–Kier alpha value is -1.52. The van der Waals surface area contributed by atoms with Crippen LogP contribution in [0.3, 0.4) is 0 Å². The van der Waals surface area contributed by atoms with Gasteiger partial charge in [-0.2, -0.15) is 0 Å². The summed E-state index contributed by atoms with van der Waals surface area (Å²) in [6, 6.07) is -1.36. The number of aliphatic carboxylic acids is 1. The number of carbonyl (C=O) groups excluding carboxylic acids is 1. The lowest BCUT2D eigenvalue weighted by Gasteiger charge is -2.15. The molecule has 0 fully saturated rings. The second-order valence-corrected chi connectivity index (χ2v) is 3.78. The van der Waals surface area contributed by atoms with Crippen molar-refractivity contribution < 1.29 is 14.7 Å². The third-order valence-corrected chi connectivity index (χ3v) is 2.31. The van der Waals surface area contributed by atoms with E-state index >= 15 is 0 Å². The molecule has 0 heterocycles. The molecule has 0 aliphatic heterocycles. The quantitative estimate of drug-likeness (QED) is 0.576. The summed E-state index contributed by atoms with van der Waals surface area (Å²) in [6.07, 6.45) is 2.65. The maximum Gasteiger partial charge on any atom is 0.326 e. The molecule has 0 aromatic carbocycles. The normalized spacial score (nSPS) is 13.6. The summed E-state index contributed by atoms with van der Waals surface area (Å²) >= 11 is 0. The van der Waals surface area contributed by atoms with Crippen molar-refractivity contribution in [1.29, 1.82) is 0 Å². The average Bonchev–Trinajstić information content (AvgIpc) is 2.25. The van der Waals surface area contributed by atoms with Crippen LogP contribution >= 0.6 is 0 Å². The molecule has 5 heteroatoms. The van der Waals surface area contributed by atoms with Gasteiger partial charge in [-0.15, -0.1) is 6.58 Å². The first-order chi connectivity index (χ1) is 7.51. The summed E-state index contributed by atoms with van der Waals surface area (Å²) < 4.78 is 0. The van der Waals surface area contributed by atoms with Crippen LogP contribution in [0.1, 0.15) is 26.7 Å². The summed E-state index contributed by atoms with van der Waals surface area (Å²) in [4.78, 5) is 22.1. The number of rotatable bonds is 7. The van der Waals surface area contributed by atoms with Gasteiger partial charge in [0.15, 0.2) is 0 Å². The fraction of sp³-hybridized carbons (Fsp3) is 0.636. The highest BCUT2D eigenvalue weighted by molar-refractivity contribution is 5.82. The highest BCUT2D eigenvalue weighted by Gasteiger charge is 2.17. The van der Waals surface area contributed by atoms with Crippen molar-refractivity contribution in [2.24, 2.45) is 5.92 Å². The molecule has 3 N–H and O–H groups in total. The van der Waals surface area contributed by atoms with Gasteiger partial charge in [0.1, 0.15) is 6.04 Å². The monoisotopic (exact) mass is 228 g/mol. The Morgan fingerprint density at radius 2 is 2.12 bits per heavy atom. The number of nitrogens with one attached hydrogen (secondary N) is 2. The zero-order valence-electron chi connectivity index (χ0n) is 9.82. The molecule has 0 saturated heterocycles. The van der Waals surface area contributed by atoms with Gasteiger partial charge in [0.25, 0.3) is 0 Å². The average molecular weight is 228 g/mol. The largest absolute Gasteiger partial charge is 0.480 e. The van der Waals surface area contributed by atoms with E-state index in [4.69, 9.17) is 5.11 Å². The van der Waals surface area contributed by atoms with E-state index in [1.807, 2.05) is 13.8 Å². The van der Waals surface area contributed by atoms with E-state index in [1.54, 1.807) is 0 Å². The Kier molecular flexibility index (Phi) is 7.00. The van der Waals surface area contributed by atoms with Gasteiger partial charge in [-0.05, 0) is 12.3 Å². The predicted molar refractivity (Wildman–Crippen MR) is 62.2 cm³/mol. The molecule has 0 bridgehead atoms. The van der Waals surface area contributed by atoms with Crippen molar-refractivity contribution in [2.45, 2.75) is 32.7 Å². The van der Waals surface area contributed by atoms with E-state index in [2.05, 4.69) is 17.2 Å². The van der Waals surface area contributed by atoms with Crippen LogP contribution in [-0.2, 0) is 4.79 Å². The lowest BCUT2D eigenvalue weighted by atomic mass is 10.1. The van der Waals surface area contributed by atoms with Crippen LogP contribution in [0.25, 0.3) is 0 Å². The highest BCUT2D eigenvalue weighted by atomic mass is 16.4. The minimum Gasteiger partial charge on any atom is -0.480 e. The first-order valence-electron chi connectivity index (χ1n) is 5.39. The molecule has 5 nitrogen and oxygen atoms in total. The predicted octanol–water partition coefficient (Wildman–Crippen LogP) is 1.36. The molecule has 0 spiro atoms. The second-order valence-electron chi connectivity index (χ2n) is 3.78. The third kappa shape index (κ3) is 6.06. The van der Waals surface area contributed by atoms with Gasteiger partial charge in [0.2, 0.25) is 0 Å². The van der Waals surface area contributed by atoms with Crippen molar-refractivity contribution in [3.8, 4) is 0 Å². The van der Waals surface area contributed by atoms with Crippen LogP contribution < -0.4 is 10.6 Å². The topological polar surface area (TPSA) is 78.4 Å². The van der Waals surface area contributed by atoms with Crippen LogP contribution in [-0.4, -0.2) is 29.7 Å². The lowest BCUT2D eigenvalue weighted by Crippen LogP contribution is -2.46. The van der Waals surface area contributed by atoms with Crippen LogP contribution in [0.5, 0.6) is 0 Å². The van der Waals surface area contributed by atoms with Crippen LogP contribution in [0.4, 0.5) is 4.79 Å². The summed E-state index contributed by atoms with van der Waals surface area (Å²) in [7, 11) is 0. The van der Waals surface area contributed by atoms with Gasteiger partial charge in [-0.25, -0.2) is 9.59 Å². The molecular formula is C11H20N2O3. The molecule has 0 aliphatic carbocycles. The zero-order valence-corrected chi connectivity index (χ0v) is 9.82. The first-order valence-corrected chi connectivity index (χ1v) is 5.39. The summed E-state index contributed by atoms with van der Waals surface area (Å²) in [5.74, 6) is -0.674. The number of carboxylic acid groups (broad SMARTS) is 1. The van der Waals surface area contributed by atoms with Gasteiger partial charge in [0, 0.05) is 6.54 Å². The van der Waals surface area contributed by atoms with Crippen LogP contribution in [0.15, 0.2) is 12.7 Å². The molecule has 92 valence electrons. The van der Waals surface area contributed by atoms with Gasteiger partial charge < -0.3 is 15.7 Å². The standard InChI is InChI=1S/C11H20N2O3/c1-4-6-9(10(14)15)13-11(16)12-7-8(3)5-2/h4,8-9H,1,5-7H2,2-3H3,(H,14,15)(H2,12,13,16). The summed E-state index contributed by atoms with van der Waals surface area (Å²) in [5.41, 5.74) is 0. The van der Waals surface area contributed by atoms with E-state index in [0.717, 1.165) is 6.42 Å². The Bertz CT molecular complexity index is 254. The van der Waals surface area contributed by atoms with Gasteiger partial charge in [0.05, 0.1) is 0 Å². The second kappa shape index (κ2) is 7.73. The van der Waals surface area contributed by atoms with E-state index in [1.165, 1.54) is 6.08 Å². The fourth-order valence-electron chi connectivity index (χ4n) is 1.01. The number of urea groups is 1. The molecule has 0 saturated carbocycles. The van der Waals surface area contributed by atoms with E-state index in [9.17, 15) is 9.59 Å². The molecule has 2 amide bonds. The molecular weight excluding hydrogens is 208 g/mol. The van der Waals surface area contributed by atoms with E-state index in [-0.39, 0.29) is 6.42 Å². The lowest BCUT2D eigenvalue weighted by molar-refractivity contribution is -0.139. The van der Waals surface area contributed by atoms with Crippen molar-refractivity contribution >= 4 is 12.0 Å². The molecule has 0 aromatic rings. The SMILES string of the molecule is C=CCC(NC(=O)NCC(C)CC)C(=O)O. The molecule has 0 rings (SSSR count). The number of carboxylic acids is 1. The minimum absolute atomic E-state index is 0.214. The zero-order chi connectivity index (χ0) is 12.6. The molecule has 2 atom stereocenters. The smallest absolute Gasteiger partial charge is 0.326 e. The van der Waals surface area contributed by atoms with Crippen LogP contribution in [0.2, 0.25) is 0 Å². The van der Waals surface area contributed by atoms with Crippen molar-refractivity contribution in [1.82, 2.24) is 10.6 Å². The maximum atomic E-state index is 11.3. The molecule has 0 radical (unpaired) electrons. The fourth-order valence-corrected chi connectivity index (χ4v) is 1.01. The molecule has 0 aromatic heterocycles. The minimum atomic E-state index is -1.06. The first kappa shape index (κ1) is 14.5. The summed E-state index contributed by atoms with van der Waals surface area (Å²) in [5, 5.41) is 13.8. The number of hydrogen-bond donors (Lipinski definition) is 3. The molecule has 2 unspecified atom stereocenters. The van der Waals surface area contributed by atoms with Gasteiger partial charge in [-0.3, -0.25) is 0 Å². The Morgan fingerprint density at radius 1 is 1.50 bits per heavy atom. The molecule has 16 heavy (non-hydrogen) atoms. The van der Waals surface area contributed by atoms with Crippen molar-refractivity contribution in [3.63, 3.8) is 0 Å². The highest BCUT2D eigenvalue weighted by Crippen LogP contribution is 1.97. The third-order valence-electron chi connectivity index (χ3n) is 2.31. The van der Waals surface area contributed by atoms with Crippen LogP contribution in [0, 0.1) is 5.92 Å². The van der Waals surface area contributed by atoms with E-state index in [0.29, 0.717) is 12.5 Å². The maximum absolute atomic E-state index is 11.3. The van der Waals surface area contributed by atoms with Gasteiger partial charge in [-0.1, -0.05) is 26.3 Å². The van der Waals surface area contributed by atoms with Crippen molar-refractivity contribution in [3.05, 3.63) is 12.7 Å². The van der Waals surface area contributed by atoms with Crippen molar-refractivity contribution in [2.75, 3.05) is 6.54 Å². The van der Waals surface area contributed by atoms with E-state index < -0.39 is 18.0 Å². The Balaban J connectivity index is 4.00. The number of carbonyl (C=O) groups is 2. The Morgan fingerprint density at radius 3 is 2.56 bits per heavy atom. The summed E-state index contributed by atoms with van der Waals surface area (Å²) in [6.45, 7) is 8.03. The van der Waals surface area contributed by atoms with Gasteiger partial charge >= 0.3 is 12.0 Å². The number of hydrogen-bond acceptors (Lipinski definition) is 2. The molecule has 0 aliphatic rings. The number of amides is 2. The Labute approximate surface area is 95.9 Å².